The lowest BCUT2D eigenvalue weighted by molar-refractivity contribution is 0.0495. The first-order valence-electron chi connectivity index (χ1n) is 7.21. The Morgan fingerprint density at radius 3 is 2.82 bits per heavy atom. The molecule has 2 unspecified atom stereocenters. The van der Waals surface area contributed by atoms with Crippen molar-refractivity contribution >= 4 is 23.0 Å². The molecule has 2 aliphatic heterocycles. The van der Waals surface area contributed by atoms with Crippen LogP contribution >= 0.6 is 12.2 Å². The van der Waals surface area contributed by atoms with E-state index in [0.717, 1.165) is 11.3 Å². The second-order valence-electron chi connectivity index (χ2n) is 5.84. The monoisotopic (exact) mass is 314 g/mol. The highest BCUT2D eigenvalue weighted by atomic mass is 32.1. The van der Waals surface area contributed by atoms with Crippen molar-refractivity contribution in [2.24, 2.45) is 0 Å². The van der Waals surface area contributed by atoms with E-state index in [1.54, 1.807) is 6.07 Å². The largest absolute Gasteiger partial charge is 0.467 e. The molecule has 4 rings (SSSR count). The van der Waals surface area contributed by atoms with Crippen molar-refractivity contribution in [3.8, 4) is 5.75 Å². The minimum Gasteiger partial charge on any atom is -0.467 e. The molecule has 0 aromatic heterocycles. The lowest BCUT2D eigenvalue weighted by Crippen LogP contribution is -2.65. The molecule has 0 saturated carbocycles. The fourth-order valence-corrected chi connectivity index (χ4v) is 3.75. The first-order valence-corrected chi connectivity index (χ1v) is 7.62. The summed E-state index contributed by atoms with van der Waals surface area (Å²) in [6.07, 6.45) is 0.693. The smallest absolute Gasteiger partial charge is 0.188 e. The van der Waals surface area contributed by atoms with Gasteiger partial charge in [0, 0.05) is 17.7 Å². The summed E-state index contributed by atoms with van der Waals surface area (Å²) in [4.78, 5) is 1.99. The molecule has 2 bridgehead atoms. The zero-order valence-electron chi connectivity index (χ0n) is 12.0. The van der Waals surface area contributed by atoms with Crippen molar-refractivity contribution in [3.63, 3.8) is 0 Å². The highest BCUT2D eigenvalue weighted by Crippen LogP contribution is 2.45. The van der Waals surface area contributed by atoms with Crippen molar-refractivity contribution < 1.29 is 9.13 Å². The first kappa shape index (κ1) is 13.5. The van der Waals surface area contributed by atoms with Gasteiger partial charge in [-0.25, -0.2) is 4.39 Å². The molecule has 2 heterocycles. The minimum atomic E-state index is -0.584. The summed E-state index contributed by atoms with van der Waals surface area (Å²) in [6.45, 7) is 2.02. The number of nitrogens with zero attached hydrogens (tertiary/aromatic N) is 1. The molecule has 5 heteroatoms. The minimum absolute atomic E-state index is 0.0306. The van der Waals surface area contributed by atoms with Crippen LogP contribution in [0, 0.1) is 5.82 Å². The lowest BCUT2D eigenvalue weighted by atomic mass is 9.90. The van der Waals surface area contributed by atoms with Crippen molar-refractivity contribution in [1.29, 1.82) is 0 Å². The summed E-state index contributed by atoms with van der Waals surface area (Å²) in [5, 5.41) is 3.91. The maximum Gasteiger partial charge on any atom is 0.188 e. The van der Waals surface area contributed by atoms with Gasteiger partial charge in [-0.05, 0) is 49.5 Å². The maximum absolute atomic E-state index is 13.5. The zero-order chi connectivity index (χ0) is 15.3. The molecule has 2 atom stereocenters. The van der Waals surface area contributed by atoms with Crippen LogP contribution in [-0.4, -0.2) is 10.8 Å². The van der Waals surface area contributed by atoms with Crippen LogP contribution in [0.3, 0.4) is 0 Å². The van der Waals surface area contributed by atoms with Crippen LogP contribution < -0.4 is 15.0 Å². The number of fused-ring (bicyclic) bond motifs is 4. The van der Waals surface area contributed by atoms with Crippen LogP contribution in [0.15, 0.2) is 48.5 Å². The highest BCUT2D eigenvalue weighted by Gasteiger charge is 2.48. The van der Waals surface area contributed by atoms with E-state index < -0.39 is 5.72 Å². The van der Waals surface area contributed by atoms with Gasteiger partial charge in [0.05, 0.1) is 6.04 Å². The van der Waals surface area contributed by atoms with Gasteiger partial charge < -0.3 is 10.1 Å². The molecule has 2 aliphatic rings. The molecule has 2 aromatic carbocycles. The fourth-order valence-electron chi connectivity index (χ4n) is 3.31. The lowest BCUT2D eigenvalue weighted by Gasteiger charge is -2.52. The van der Waals surface area contributed by atoms with Crippen LogP contribution in [-0.2, 0) is 0 Å². The van der Waals surface area contributed by atoms with E-state index in [-0.39, 0.29) is 11.9 Å². The van der Waals surface area contributed by atoms with Crippen LogP contribution in [0.1, 0.15) is 24.9 Å². The first-order chi connectivity index (χ1) is 10.6. The molecule has 2 aromatic rings. The molecule has 3 nitrogen and oxygen atoms in total. The Morgan fingerprint density at radius 1 is 1.27 bits per heavy atom. The average Bonchev–Trinajstić information content (AvgIpc) is 2.48. The van der Waals surface area contributed by atoms with Crippen LogP contribution in [0.4, 0.5) is 10.1 Å². The Hall–Kier alpha value is -2.14. The van der Waals surface area contributed by atoms with E-state index in [9.17, 15) is 4.39 Å². The molecule has 0 spiro atoms. The van der Waals surface area contributed by atoms with Gasteiger partial charge in [-0.1, -0.05) is 18.2 Å². The van der Waals surface area contributed by atoms with Gasteiger partial charge >= 0.3 is 0 Å². The number of hydrogen-bond donors (Lipinski definition) is 1. The van der Waals surface area contributed by atoms with Crippen LogP contribution in [0.5, 0.6) is 5.75 Å². The Balaban J connectivity index is 1.81. The average molecular weight is 314 g/mol. The number of anilines is 1. The molecule has 0 amide bonds. The van der Waals surface area contributed by atoms with E-state index in [1.807, 2.05) is 42.2 Å². The molecular formula is C17H15FN2OS. The Bertz CT molecular complexity index is 752. The third-order valence-electron chi connectivity index (χ3n) is 4.25. The van der Waals surface area contributed by atoms with Gasteiger partial charge in [0.25, 0.3) is 0 Å². The van der Waals surface area contributed by atoms with Gasteiger partial charge in [0.15, 0.2) is 10.8 Å². The summed E-state index contributed by atoms with van der Waals surface area (Å²) in [6, 6.07) is 14.5. The molecule has 0 aliphatic carbocycles. The van der Waals surface area contributed by atoms with Crippen molar-refractivity contribution in [3.05, 3.63) is 59.9 Å². The molecule has 1 saturated heterocycles. The van der Waals surface area contributed by atoms with Gasteiger partial charge in [-0.3, -0.25) is 4.90 Å². The molecule has 0 radical (unpaired) electrons. The summed E-state index contributed by atoms with van der Waals surface area (Å²) < 4.78 is 19.7. The van der Waals surface area contributed by atoms with Gasteiger partial charge in [0.1, 0.15) is 11.6 Å². The normalized spacial score (nSPS) is 26.0. The third-order valence-corrected chi connectivity index (χ3v) is 4.55. The van der Waals surface area contributed by atoms with E-state index in [0.29, 0.717) is 17.3 Å². The molecule has 22 heavy (non-hydrogen) atoms. The Kier molecular flexibility index (Phi) is 2.87. The molecule has 1 N–H and O–H groups in total. The topological polar surface area (TPSA) is 24.5 Å². The number of thiocarbonyl (C=S) groups is 1. The van der Waals surface area contributed by atoms with Crippen LogP contribution in [0.2, 0.25) is 0 Å². The summed E-state index contributed by atoms with van der Waals surface area (Å²) in [7, 11) is 0. The van der Waals surface area contributed by atoms with E-state index in [2.05, 4.69) is 5.32 Å². The van der Waals surface area contributed by atoms with E-state index in [1.165, 1.54) is 12.1 Å². The quantitative estimate of drug-likeness (QED) is 0.810. The SMILES string of the molecule is CC12CC(NC(=S)N1c1ccccc1)c1cc(F)ccc1O2. The standard InChI is InChI=1S/C17H15FN2OS/c1-17-10-14(13-9-11(18)7-8-15(13)21-17)19-16(22)20(17)12-5-3-2-4-6-12/h2-9,14H,10H2,1H3,(H,19,22). The van der Waals surface area contributed by atoms with Gasteiger partial charge in [-0.2, -0.15) is 0 Å². The molecular weight excluding hydrogens is 299 g/mol. The second kappa shape index (κ2) is 4.68. The molecule has 1 fully saturated rings. The zero-order valence-corrected chi connectivity index (χ0v) is 12.9. The highest BCUT2D eigenvalue weighted by molar-refractivity contribution is 7.80. The summed E-state index contributed by atoms with van der Waals surface area (Å²) in [5.41, 5.74) is 1.22. The van der Waals surface area contributed by atoms with E-state index >= 15 is 0 Å². The number of hydrogen-bond acceptors (Lipinski definition) is 2. The predicted molar refractivity (Wildman–Crippen MR) is 87.4 cm³/mol. The van der Waals surface area contributed by atoms with Crippen LogP contribution in [0.25, 0.3) is 0 Å². The number of nitrogens with one attached hydrogen (secondary N) is 1. The van der Waals surface area contributed by atoms with Crippen molar-refractivity contribution in [1.82, 2.24) is 5.32 Å². The third kappa shape index (κ3) is 1.96. The van der Waals surface area contributed by atoms with Crippen molar-refractivity contribution in [2.45, 2.75) is 25.1 Å². The number of rotatable bonds is 1. The number of halogens is 1. The van der Waals surface area contributed by atoms with Gasteiger partial charge in [0.2, 0.25) is 0 Å². The fraction of sp³-hybridized carbons (Fsp3) is 0.235. The number of para-hydroxylation sites is 1. The van der Waals surface area contributed by atoms with Crippen molar-refractivity contribution in [2.75, 3.05) is 4.90 Å². The van der Waals surface area contributed by atoms with E-state index in [4.69, 9.17) is 17.0 Å². The Labute approximate surface area is 133 Å². The summed E-state index contributed by atoms with van der Waals surface area (Å²) in [5.74, 6) is 0.445. The maximum atomic E-state index is 13.5. The number of ether oxygens (including phenoxy) is 1. The molecule has 112 valence electrons. The van der Waals surface area contributed by atoms with Gasteiger partial charge in [-0.15, -0.1) is 0 Å². The Morgan fingerprint density at radius 2 is 2.05 bits per heavy atom. The predicted octanol–water partition coefficient (Wildman–Crippen LogP) is 3.76. The number of benzene rings is 2. The second-order valence-corrected chi connectivity index (χ2v) is 6.22. The summed E-state index contributed by atoms with van der Waals surface area (Å²) >= 11 is 5.54.